The van der Waals surface area contributed by atoms with Crippen LogP contribution >= 0.6 is 11.6 Å². The minimum atomic E-state index is -0.267. The summed E-state index contributed by atoms with van der Waals surface area (Å²) in [5.41, 5.74) is 5.85. The number of nitrogens with zero attached hydrogens (tertiary/aromatic N) is 4. The van der Waals surface area contributed by atoms with E-state index in [9.17, 15) is 9.59 Å². The van der Waals surface area contributed by atoms with Gasteiger partial charge in [0.15, 0.2) is 0 Å². The third-order valence-electron chi connectivity index (χ3n) is 7.65. The number of hydrogen-bond acceptors (Lipinski definition) is 4. The Morgan fingerprint density at radius 3 is 2.46 bits per heavy atom. The lowest BCUT2D eigenvalue weighted by Crippen LogP contribution is -2.48. The monoisotopic (exact) mass is 539 g/mol. The van der Waals surface area contributed by atoms with Crippen molar-refractivity contribution in [3.05, 3.63) is 111 Å². The van der Waals surface area contributed by atoms with Crippen molar-refractivity contribution >= 4 is 29.3 Å². The van der Waals surface area contributed by atoms with Gasteiger partial charge in [0, 0.05) is 73.8 Å². The number of allylic oxidation sites excluding steroid dienone is 1. The molecule has 1 unspecified atom stereocenters. The summed E-state index contributed by atoms with van der Waals surface area (Å²) >= 11 is 6.20. The van der Waals surface area contributed by atoms with E-state index in [-0.39, 0.29) is 11.5 Å². The first-order valence-electron chi connectivity index (χ1n) is 13.3. The number of imidazole rings is 1. The highest BCUT2D eigenvalue weighted by molar-refractivity contribution is 6.30. The van der Waals surface area contributed by atoms with Crippen LogP contribution in [0.4, 0.5) is 0 Å². The number of piperazine rings is 1. The van der Waals surface area contributed by atoms with Gasteiger partial charge in [0.1, 0.15) is 5.82 Å². The lowest BCUT2D eigenvalue weighted by Gasteiger charge is -2.35. The van der Waals surface area contributed by atoms with Crippen molar-refractivity contribution in [3.8, 4) is 11.3 Å². The number of benzene rings is 2. The van der Waals surface area contributed by atoms with Gasteiger partial charge in [0.25, 0.3) is 5.91 Å². The number of fused-ring (bicyclic) bond motifs is 1. The van der Waals surface area contributed by atoms with E-state index in [2.05, 4.69) is 51.8 Å². The van der Waals surface area contributed by atoms with Gasteiger partial charge in [-0.25, -0.2) is 4.98 Å². The highest BCUT2D eigenvalue weighted by Gasteiger charge is 2.28. The Bertz CT molecular complexity index is 1580. The van der Waals surface area contributed by atoms with Gasteiger partial charge >= 0.3 is 0 Å². The zero-order chi connectivity index (χ0) is 26.9. The number of nitrogens with one attached hydrogen (secondary N) is 1. The molecule has 0 radical (unpaired) electrons. The van der Waals surface area contributed by atoms with Crippen LogP contribution < -0.4 is 5.56 Å². The van der Waals surface area contributed by atoms with Gasteiger partial charge < -0.3 is 14.5 Å². The molecular formula is C31H30ClN5O2. The molecule has 7 nitrogen and oxygen atoms in total. The Balaban J connectivity index is 1.29. The molecule has 8 heteroatoms. The van der Waals surface area contributed by atoms with E-state index in [0.29, 0.717) is 36.1 Å². The fourth-order valence-electron chi connectivity index (χ4n) is 5.52. The SMILES string of the molecule is CC1Cc2nc(-c3ccc(Cl)cc3)c(CN3CCN(C(=O)c4cc[nH]c(=O)c4)CC3)n2C=C1c1ccccc1. The average molecular weight is 540 g/mol. The van der Waals surface area contributed by atoms with Crippen molar-refractivity contribution in [2.75, 3.05) is 26.2 Å². The number of hydrogen-bond donors (Lipinski definition) is 1. The lowest BCUT2D eigenvalue weighted by molar-refractivity contribution is 0.0626. The van der Waals surface area contributed by atoms with Crippen molar-refractivity contribution in [1.29, 1.82) is 0 Å². The second kappa shape index (κ2) is 10.7. The van der Waals surface area contributed by atoms with Crippen LogP contribution in [0, 0.1) is 5.92 Å². The van der Waals surface area contributed by atoms with Crippen LogP contribution in [0.3, 0.4) is 0 Å². The number of aromatic amines is 1. The van der Waals surface area contributed by atoms with Gasteiger partial charge in [-0.15, -0.1) is 0 Å². The van der Waals surface area contributed by atoms with Crippen LogP contribution in [0.25, 0.3) is 23.0 Å². The second-order valence-corrected chi connectivity index (χ2v) is 10.7. The number of carbonyl (C=O) groups excluding carboxylic acids is 1. The molecule has 1 N–H and O–H groups in total. The van der Waals surface area contributed by atoms with E-state index >= 15 is 0 Å². The maximum atomic E-state index is 13.0. The molecule has 2 aliphatic heterocycles. The molecule has 198 valence electrons. The van der Waals surface area contributed by atoms with E-state index in [1.165, 1.54) is 23.4 Å². The van der Waals surface area contributed by atoms with Gasteiger partial charge in [-0.1, -0.05) is 61.0 Å². The summed E-state index contributed by atoms with van der Waals surface area (Å²) in [6, 6.07) is 21.4. The van der Waals surface area contributed by atoms with Crippen molar-refractivity contribution in [2.45, 2.75) is 19.9 Å². The number of pyridine rings is 1. The molecule has 1 saturated heterocycles. The summed E-state index contributed by atoms with van der Waals surface area (Å²) < 4.78 is 2.28. The second-order valence-electron chi connectivity index (χ2n) is 10.3. The van der Waals surface area contributed by atoms with E-state index < -0.39 is 0 Å². The molecule has 0 saturated carbocycles. The largest absolute Gasteiger partial charge is 0.336 e. The number of amides is 1. The summed E-state index contributed by atoms with van der Waals surface area (Å²) in [6.45, 7) is 5.65. The zero-order valence-corrected chi connectivity index (χ0v) is 22.6. The summed E-state index contributed by atoms with van der Waals surface area (Å²) in [6.07, 6.45) is 4.64. The van der Waals surface area contributed by atoms with Gasteiger partial charge in [0.2, 0.25) is 5.56 Å². The summed E-state index contributed by atoms with van der Waals surface area (Å²) in [5, 5.41) is 0.699. The highest BCUT2D eigenvalue weighted by atomic mass is 35.5. The summed E-state index contributed by atoms with van der Waals surface area (Å²) in [4.78, 5) is 36.5. The molecule has 0 bridgehead atoms. The predicted octanol–water partition coefficient (Wildman–Crippen LogP) is 5.04. The van der Waals surface area contributed by atoms with Crippen molar-refractivity contribution in [2.24, 2.45) is 5.92 Å². The quantitative estimate of drug-likeness (QED) is 0.385. The smallest absolute Gasteiger partial charge is 0.254 e. The zero-order valence-electron chi connectivity index (χ0n) is 21.8. The lowest BCUT2D eigenvalue weighted by atomic mass is 9.90. The van der Waals surface area contributed by atoms with Crippen molar-refractivity contribution in [1.82, 2.24) is 24.3 Å². The Kier molecular flexibility index (Phi) is 6.94. The van der Waals surface area contributed by atoms with Crippen molar-refractivity contribution < 1.29 is 4.79 Å². The maximum Gasteiger partial charge on any atom is 0.254 e. The Morgan fingerprint density at radius 1 is 1.00 bits per heavy atom. The van der Waals surface area contributed by atoms with Crippen LogP contribution in [0.15, 0.2) is 77.7 Å². The fourth-order valence-corrected chi connectivity index (χ4v) is 5.65. The Labute approximate surface area is 232 Å². The number of halogens is 1. The Hall–Kier alpha value is -3.94. The van der Waals surface area contributed by atoms with Gasteiger partial charge in [0.05, 0.1) is 11.4 Å². The molecule has 2 aromatic heterocycles. The molecule has 39 heavy (non-hydrogen) atoms. The van der Waals surface area contributed by atoms with Crippen LogP contribution in [0.1, 0.15) is 34.4 Å². The van der Waals surface area contributed by atoms with Gasteiger partial charge in [-0.2, -0.15) is 0 Å². The third-order valence-corrected chi connectivity index (χ3v) is 7.90. The van der Waals surface area contributed by atoms with Gasteiger partial charge in [-0.3, -0.25) is 14.5 Å². The fraction of sp³-hybridized carbons (Fsp3) is 0.258. The highest BCUT2D eigenvalue weighted by Crippen LogP contribution is 2.36. The molecule has 2 aliphatic rings. The normalized spacial score (nSPS) is 17.5. The average Bonchev–Trinajstić information content (AvgIpc) is 3.30. The molecule has 4 heterocycles. The molecule has 6 rings (SSSR count). The minimum absolute atomic E-state index is 0.103. The third kappa shape index (κ3) is 5.20. The molecule has 1 amide bonds. The molecule has 0 spiro atoms. The predicted molar refractivity (Wildman–Crippen MR) is 154 cm³/mol. The van der Waals surface area contributed by atoms with Crippen LogP contribution in [0.5, 0.6) is 0 Å². The summed E-state index contributed by atoms with van der Waals surface area (Å²) in [5.74, 6) is 1.31. The first-order chi connectivity index (χ1) is 19.0. The van der Waals surface area contributed by atoms with E-state index in [0.717, 1.165) is 42.3 Å². The topological polar surface area (TPSA) is 74.2 Å². The molecule has 0 aliphatic carbocycles. The number of H-pyrrole nitrogens is 1. The van der Waals surface area contributed by atoms with Gasteiger partial charge in [-0.05, 0) is 35.3 Å². The van der Waals surface area contributed by atoms with E-state index in [1.54, 1.807) is 6.07 Å². The number of rotatable bonds is 5. The molecule has 1 atom stereocenters. The number of aromatic nitrogens is 3. The molecular weight excluding hydrogens is 510 g/mol. The van der Waals surface area contributed by atoms with Crippen LogP contribution in [0.2, 0.25) is 5.02 Å². The molecule has 4 aromatic rings. The van der Waals surface area contributed by atoms with Crippen LogP contribution in [-0.2, 0) is 13.0 Å². The van der Waals surface area contributed by atoms with Crippen LogP contribution in [-0.4, -0.2) is 56.4 Å². The molecule has 1 fully saturated rings. The summed E-state index contributed by atoms with van der Waals surface area (Å²) in [7, 11) is 0. The standard InChI is InChI=1S/C31H30ClN5O2/c1-21-17-28-34-30(23-7-9-25(32)10-8-23)27(37(28)19-26(21)22-5-3-2-4-6-22)20-35-13-15-36(16-14-35)31(39)24-11-12-33-29(38)18-24/h2-12,18-19,21H,13-17,20H2,1H3,(H,33,38). The molecule has 2 aromatic carbocycles. The van der Waals surface area contributed by atoms with Crippen molar-refractivity contribution in [3.63, 3.8) is 0 Å². The Morgan fingerprint density at radius 2 is 1.74 bits per heavy atom. The van der Waals surface area contributed by atoms with E-state index in [4.69, 9.17) is 16.6 Å². The first-order valence-corrected chi connectivity index (χ1v) is 13.7. The first kappa shape index (κ1) is 25.3. The minimum Gasteiger partial charge on any atom is -0.336 e. The van der Waals surface area contributed by atoms with E-state index in [1.807, 2.05) is 35.2 Å². The maximum absolute atomic E-state index is 13.0. The number of carbonyl (C=O) groups is 1.